The molecular formula is C8H16Cl2O8. The van der Waals surface area contributed by atoms with Crippen LogP contribution in [0.4, 0.5) is 9.59 Å². The van der Waals surface area contributed by atoms with Gasteiger partial charge >= 0.3 is 12.3 Å². The van der Waals surface area contributed by atoms with Crippen molar-refractivity contribution in [3.63, 3.8) is 0 Å². The van der Waals surface area contributed by atoms with E-state index in [0.29, 0.717) is 5.88 Å². The Kier molecular flexibility index (Phi) is 22.7. The van der Waals surface area contributed by atoms with E-state index in [4.69, 9.17) is 58.5 Å². The van der Waals surface area contributed by atoms with Crippen molar-refractivity contribution < 1.29 is 40.2 Å². The normalized spacial score (nSPS) is 10.2. The molecule has 0 amide bonds. The summed E-state index contributed by atoms with van der Waals surface area (Å²) in [7, 11) is 0. The van der Waals surface area contributed by atoms with Crippen LogP contribution < -0.4 is 0 Å². The highest BCUT2D eigenvalue weighted by atomic mass is 35.5. The third-order valence-corrected chi connectivity index (χ3v) is 1.77. The molecule has 0 aliphatic carbocycles. The first-order chi connectivity index (χ1) is 8.27. The molecule has 0 rings (SSSR count). The number of carbonyl (C=O) groups is 2. The average molecular weight is 311 g/mol. The molecule has 1 unspecified atom stereocenters. The highest BCUT2D eigenvalue weighted by Gasteiger charge is 2.02. The molecule has 0 aromatic heterocycles. The Morgan fingerprint density at radius 2 is 1.44 bits per heavy atom. The van der Waals surface area contributed by atoms with Crippen molar-refractivity contribution >= 4 is 35.5 Å². The van der Waals surface area contributed by atoms with E-state index in [1.54, 1.807) is 0 Å². The van der Waals surface area contributed by atoms with E-state index in [-0.39, 0.29) is 12.0 Å². The molecule has 10 heteroatoms. The van der Waals surface area contributed by atoms with Crippen LogP contribution in [0.15, 0.2) is 0 Å². The molecule has 0 aliphatic heterocycles. The van der Waals surface area contributed by atoms with Crippen LogP contribution in [0.1, 0.15) is 19.3 Å². The lowest BCUT2D eigenvalue weighted by atomic mass is 10.2. The minimum Gasteiger partial charge on any atom is -0.450 e. The molecule has 5 N–H and O–H groups in total. The summed E-state index contributed by atoms with van der Waals surface area (Å²) in [6.07, 6.45) is -0.869. The lowest BCUT2D eigenvalue weighted by Gasteiger charge is -2.04. The summed E-state index contributed by atoms with van der Waals surface area (Å²) in [5.74, 6) is 0.670. The van der Waals surface area contributed by atoms with Gasteiger partial charge in [-0.25, -0.2) is 14.5 Å². The Labute approximate surface area is 113 Å². The number of rotatable bonds is 6. The maximum Gasteiger partial charge on any atom is 0.503 e. The van der Waals surface area contributed by atoms with Crippen LogP contribution in [0.3, 0.4) is 0 Å². The van der Waals surface area contributed by atoms with Gasteiger partial charge in [-0.2, -0.15) is 0 Å². The van der Waals surface area contributed by atoms with Gasteiger partial charge in [-0.3, -0.25) is 5.26 Å². The number of hydrogen-bond acceptors (Lipinski definition) is 4. The minimum absolute atomic E-state index is 0.0896. The lowest BCUT2D eigenvalue weighted by Crippen LogP contribution is -2.06. The number of alkyl halides is 2. The fourth-order valence-electron chi connectivity index (χ4n) is 0.625. The van der Waals surface area contributed by atoms with Crippen LogP contribution in [0.5, 0.6) is 0 Å². The zero-order valence-electron chi connectivity index (χ0n) is 9.33. The van der Waals surface area contributed by atoms with Crippen LogP contribution in [0.25, 0.3) is 0 Å². The van der Waals surface area contributed by atoms with Gasteiger partial charge in [0.1, 0.15) is 0 Å². The summed E-state index contributed by atoms with van der Waals surface area (Å²) in [6.45, 7) is 0.198. The monoisotopic (exact) mass is 310 g/mol. The Hall–Kier alpha value is -0.960. The van der Waals surface area contributed by atoms with Crippen molar-refractivity contribution in [3.8, 4) is 0 Å². The van der Waals surface area contributed by atoms with Crippen molar-refractivity contribution in [2.45, 2.75) is 24.6 Å². The molecule has 0 heterocycles. The number of hydrogen-bond donors (Lipinski definition) is 5. The smallest absolute Gasteiger partial charge is 0.450 e. The first-order valence-corrected chi connectivity index (χ1v) is 5.55. The van der Waals surface area contributed by atoms with Crippen molar-refractivity contribution in [3.05, 3.63) is 0 Å². The topological polar surface area (TPSA) is 145 Å². The van der Waals surface area contributed by atoms with Crippen LogP contribution in [0.2, 0.25) is 0 Å². The average Bonchev–Trinajstić information content (AvgIpc) is 2.16. The summed E-state index contributed by atoms with van der Waals surface area (Å²) in [6, 6.07) is 0. The summed E-state index contributed by atoms with van der Waals surface area (Å²) in [4.78, 5) is 21.0. The number of carboxylic acid groups (broad SMARTS) is 4. The number of halogens is 2. The second-order valence-corrected chi connectivity index (χ2v) is 3.64. The zero-order chi connectivity index (χ0) is 15.0. The minimum atomic E-state index is -1.83. The molecule has 0 spiro atoms. The molecule has 110 valence electrons. The van der Waals surface area contributed by atoms with Gasteiger partial charge in [0.15, 0.2) is 0 Å². The van der Waals surface area contributed by atoms with E-state index in [0.717, 1.165) is 19.3 Å². The van der Waals surface area contributed by atoms with Gasteiger partial charge in [-0.15, -0.1) is 23.2 Å². The third kappa shape index (κ3) is 59.8. The molecule has 1 atom stereocenters. The number of unbranched alkanes of at least 4 members (excludes halogenated alkanes) is 1. The third-order valence-electron chi connectivity index (χ3n) is 1.16. The van der Waals surface area contributed by atoms with Gasteiger partial charge in [-0.1, -0.05) is 6.42 Å². The SMILES string of the molecule is O=C(O)O.O=C(O)O.OOCC(Cl)CCCCCl. The van der Waals surface area contributed by atoms with Crippen molar-refractivity contribution in [1.29, 1.82) is 0 Å². The fraction of sp³-hybridized carbons (Fsp3) is 0.750. The van der Waals surface area contributed by atoms with Crippen molar-refractivity contribution in [2.75, 3.05) is 12.5 Å². The van der Waals surface area contributed by atoms with Crippen LogP contribution in [-0.2, 0) is 4.89 Å². The maximum absolute atomic E-state index is 8.56. The van der Waals surface area contributed by atoms with Crippen LogP contribution in [0, 0.1) is 0 Å². The van der Waals surface area contributed by atoms with E-state index in [2.05, 4.69) is 4.89 Å². The predicted molar refractivity (Wildman–Crippen MR) is 64.1 cm³/mol. The highest BCUT2D eigenvalue weighted by molar-refractivity contribution is 6.20. The Morgan fingerprint density at radius 3 is 1.72 bits per heavy atom. The predicted octanol–water partition coefficient (Wildman–Crippen LogP) is 2.94. The molecule has 0 saturated heterocycles. The fourth-order valence-corrected chi connectivity index (χ4v) is 1.02. The van der Waals surface area contributed by atoms with E-state index >= 15 is 0 Å². The second kappa shape index (κ2) is 18.4. The summed E-state index contributed by atoms with van der Waals surface area (Å²) in [5, 5.41) is 35.8. The van der Waals surface area contributed by atoms with E-state index in [9.17, 15) is 0 Å². The van der Waals surface area contributed by atoms with Gasteiger partial charge < -0.3 is 20.4 Å². The van der Waals surface area contributed by atoms with Crippen molar-refractivity contribution in [2.24, 2.45) is 0 Å². The molecule has 0 bridgehead atoms. The van der Waals surface area contributed by atoms with Gasteiger partial charge in [0, 0.05) is 5.88 Å². The first-order valence-electron chi connectivity index (χ1n) is 4.58. The molecule has 8 nitrogen and oxygen atoms in total. The Morgan fingerprint density at radius 1 is 1.06 bits per heavy atom. The molecule has 0 radical (unpaired) electrons. The second-order valence-electron chi connectivity index (χ2n) is 2.64. The molecular weight excluding hydrogens is 295 g/mol. The molecule has 0 aliphatic rings. The molecule has 0 fully saturated rings. The summed E-state index contributed by atoms with van der Waals surface area (Å²) in [5.41, 5.74) is 0. The van der Waals surface area contributed by atoms with E-state index in [1.807, 2.05) is 0 Å². The zero-order valence-corrected chi connectivity index (χ0v) is 10.8. The molecule has 0 saturated carbocycles. The molecule has 0 aromatic carbocycles. The van der Waals surface area contributed by atoms with Crippen LogP contribution in [-0.4, -0.2) is 55.9 Å². The van der Waals surface area contributed by atoms with Gasteiger partial charge in [0.05, 0.1) is 12.0 Å². The molecule has 18 heavy (non-hydrogen) atoms. The quantitative estimate of drug-likeness (QED) is 0.218. The summed E-state index contributed by atoms with van der Waals surface area (Å²) >= 11 is 11.1. The van der Waals surface area contributed by atoms with Gasteiger partial charge in [0.2, 0.25) is 0 Å². The molecule has 0 aromatic rings. The standard InChI is InChI=1S/C6H12Cl2O2.2CH2O3/c7-4-2-1-3-6(8)5-10-9;2*2-1(3)4/h6,9H,1-5H2;2*(H2,2,3,4). The largest absolute Gasteiger partial charge is 0.503 e. The maximum atomic E-state index is 8.56. The van der Waals surface area contributed by atoms with E-state index < -0.39 is 12.3 Å². The first kappa shape index (κ1) is 22.2. The Bertz CT molecular complexity index is 182. The van der Waals surface area contributed by atoms with Crippen molar-refractivity contribution in [1.82, 2.24) is 0 Å². The van der Waals surface area contributed by atoms with E-state index in [1.165, 1.54) is 0 Å². The van der Waals surface area contributed by atoms with Gasteiger partial charge in [0.25, 0.3) is 0 Å². The summed E-state index contributed by atoms with van der Waals surface area (Å²) < 4.78 is 0. The Balaban J connectivity index is -0.000000233. The van der Waals surface area contributed by atoms with Gasteiger partial charge in [-0.05, 0) is 12.8 Å². The highest BCUT2D eigenvalue weighted by Crippen LogP contribution is 2.07. The lowest BCUT2D eigenvalue weighted by molar-refractivity contribution is -0.241. The van der Waals surface area contributed by atoms with Crippen LogP contribution >= 0.6 is 23.2 Å².